The molecule has 0 aliphatic rings. The maximum absolute atomic E-state index is 10.9. The van der Waals surface area contributed by atoms with Crippen LogP contribution in [0.15, 0.2) is 29.3 Å². The quantitative estimate of drug-likeness (QED) is 0.555. The van der Waals surface area contributed by atoms with Gasteiger partial charge in [-0.1, -0.05) is 13.0 Å². The van der Waals surface area contributed by atoms with E-state index in [1.807, 2.05) is 6.92 Å². The van der Waals surface area contributed by atoms with E-state index < -0.39 is 5.91 Å². The molecule has 0 atom stereocenters. The largest absolute Gasteiger partial charge is 0.387 e. The molecule has 14 heavy (non-hydrogen) atoms. The lowest BCUT2D eigenvalue weighted by atomic mass is 10.2. The predicted molar refractivity (Wildman–Crippen MR) is 56.5 cm³/mol. The van der Waals surface area contributed by atoms with Crippen LogP contribution in [0.5, 0.6) is 0 Å². The van der Waals surface area contributed by atoms with Gasteiger partial charge in [-0.25, -0.2) is 4.99 Å². The van der Waals surface area contributed by atoms with Crippen LogP contribution in [-0.4, -0.2) is 11.7 Å². The minimum absolute atomic E-state index is 0.440. The Kier molecular flexibility index (Phi) is 3.23. The summed E-state index contributed by atoms with van der Waals surface area (Å²) in [4.78, 5) is 15.0. The molecule has 0 radical (unpaired) electrons. The fourth-order valence-corrected chi connectivity index (χ4v) is 0.974. The Labute approximate surface area is 82.6 Å². The summed E-state index contributed by atoms with van der Waals surface area (Å²) in [5, 5.41) is 0. The van der Waals surface area contributed by atoms with Crippen LogP contribution in [0.4, 0.5) is 5.69 Å². The van der Waals surface area contributed by atoms with Crippen molar-refractivity contribution in [3.63, 3.8) is 0 Å². The fourth-order valence-electron chi connectivity index (χ4n) is 0.974. The van der Waals surface area contributed by atoms with Gasteiger partial charge in [-0.05, 0) is 18.2 Å². The topological polar surface area (TPSA) is 81.5 Å². The second-order valence-electron chi connectivity index (χ2n) is 2.87. The van der Waals surface area contributed by atoms with Gasteiger partial charge >= 0.3 is 0 Å². The number of nitrogens with zero attached hydrogens (tertiary/aromatic N) is 1. The Balaban J connectivity index is 3.00. The number of carbonyl (C=O) groups is 1. The molecule has 1 amide bonds. The van der Waals surface area contributed by atoms with Crippen molar-refractivity contribution >= 4 is 17.4 Å². The zero-order chi connectivity index (χ0) is 10.6. The van der Waals surface area contributed by atoms with Crippen molar-refractivity contribution in [3.8, 4) is 0 Å². The van der Waals surface area contributed by atoms with Gasteiger partial charge in [-0.15, -0.1) is 0 Å². The molecule has 1 aromatic rings. The number of rotatable bonds is 3. The van der Waals surface area contributed by atoms with Crippen LogP contribution in [0.25, 0.3) is 0 Å². The van der Waals surface area contributed by atoms with Gasteiger partial charge in [0.1, 0.15) is 0 Å². The summed E-state index contributed by atoms with van der Waals surface area (Å²) in [6, 6.07) is 6.76. The number of carbonyl (C=O) groups excluding carboxylic acids is 1. The molecule has 0 bridgehead atoms. The van der Waals surface area contributed by atoms with Gasteiger partial charge < -0.3 is 11.5 Å². The highest BCUT2D eigenvalue weighted by Crippen LogP contribution is 2.13. The number of amides is 1. The predicted octanol–water partition coefficient (Wildman–Crippen LogP) is 1.18. The summed E-state index contributed by atoms with van der Waals surface area (Å²) >= 11 is 0. The van der Waals surface area contributed by atoms with E-state index in [1.54, 1.807) is 24.3 Å². The number of benzene rings is 1. The standard InChI is InChI=1S/C10H13N3O/c1-2-9(11)13-8-5-3-4-7(6-8)10(12)14/h3-6H,2H2,1H3,(H2,11,13)(H2,12,14). The van der Waals surface area contributed by atoms with E-state index in [4.69, 9.17) is 11.5 Å². The molecule has 0 saturated heterocycles. The maximum Gasteiger partial charge on any atom is 0.248 e. The summed E-state index contributed by atoms with van der Waals surface area (Å²) < 4.78 is 0. The third-order valence-electron chi connectivity index (χ3n) is 1.77. The molecule has 4 N–H and O–H groups in total. The smallest absolute Gasteiger partial charge is 0.248 e. The number of amidine groups is 1. The lowest BCUT2D eigenvalue weighted by Gasteiger charge is -1.99. The second kappa shape index (κ2) is 4.41. The van der Waals surface area contributed by atoms with Gasteiger partial charge in [-0.3, -0.25) is 4.79 Å². The molecule has 1 rings (SSSR count). The minimum atomic E-state index is -0.461. The molecular weight excluding hydrogens is 178 g/mol. The first-order valence-corrected chi connectivity index (χ1v) is 4.36. The Morgan fingerprint density at radius 2 is 2.14 bits per heavy atom. The third-order valence-corrected chi connectivity index (χ3v) is 1.77. The summed E-state index contributed by atoms with van der Waals surface area (Å²) in [6.07, 6.45) is 0.681. The van der Waals surface area contributed by atoms with E-state index in [0.29, 0.717) is 23.5 Å². The molecule has 0 saturated carbocycles. The van der Waals surface area contributed by atoms with Crippen LogP contribution in [0.2, 0.25) is 0 Å². The summed E-state index contributed by atoms with van der Waals surface area (Å²) in [6.45, 7) is 1.91. The number of hydrogen-bond donors (Lipinski definition) is 2. The van der Waals surface area contributed by atoms with Crippen molar-refractivity contribution in [1.82, 2.24) is 0 Å². The van der Waals surface area contributed by atoms with Gasteiger partial charge in [0.15, 0.2) is 0 Å². The molecule has 1 aromatic carbocycles. The van der Waals surface area contributed by atoms with Crippen molar-refractivity contribution < 1.29 is 4.79 Å². The highest BCUT2D eigenvalue weighted by atomic mass is 16.1. The summed E-state index contributed by atoms with van der Waals surface area (Å²) in [5.74, 6) is 0.0729. The number of nitrogens with two attached hydrogens (primary N) is 2. The lowest BCUT2D eigenvalue weighted by molar-refractivity contribution is 0.100. The normalized spacial score (nSPS) is 11.4. The molecule has 4 nitrogen and oxygen atoms in total. The zero-order valence-electron chi connectivity index (χ0n) is 8.03. The first-order valence-electron chi connectivity index (χ1n) is 4.36. The van der Waals surface area contributed by atoms with Crippen LogP contribution < -0.4 is 11.5 Å². The van der Waals surface area contributed by atoms with E-state index >= 15 is 0 Å². The molecule has 0 heterocycles. The number of aliphatic imine (C=N–C) groups is 1. The van der Waals surface area contributed by atoms with E-state index in [0.717, 1.165) is 0 Å². The fraction of sp³-hybridized carbons (Fsp3) is 0.200. The number of primary amides is 1. The zero-order valence-corrected chi connectivity index (χ0v) is 8.03. The van der Waals surface area contributed by atoms with Crippen molar-refractivity contribution in [3.05, 3.63) is 29.8 Å². The molecule has 0 aliphatic carbocycles. The first-order chi connectivity index (χ1) is 6.63. The molecular formula is C10H13N3O. The van der Waals surface area contributed by atoms with Crippen LogP contribution in [0.1, 0.15) is 23.7 Å². The van der Waals surface area contributed by atoms with Gasteiger partial charge in [0.2, 0.25) is 5.91 Å². The van der Waals surface area contributed by atoms with Gasteiger partial charge in [0.05, 0.1) is 11.5 Å². The summed E-state index contributed by atoms with van der Waals surface area (Å²) in [5.41, 5.74) is 11.8. The van der Waals surface area contributed by atoms with Gasteiger partial charge in [-0.2, -0.15) is 0 Å². The summed E-state index contributed by atoms with van der Waals surface area (Å²) in [7, 11) is 0. The average molecular weight is 191 g/mol. The minimum Gasteiger partial charge on any atom is -0.387 e. The third kappa shape index (κ3) is 2.58. The monoisotopic (exact) mass is 191 g/mol. The van der Waals surface area contributed by atoms with Crippen molar-refractivity contribution in [2.24, 2.45) is 16.5 Å². The molecule has 74 valence electrons. The van der Waals surface area contributed by atoms with Gasteiger partial charge in [0.25, 0.3) is 0 Å². The Hall–Kier alpha value is -1.84. The van der Waals surface area contributed by atoms with Crippen molar-refractivity contribution in [2.75, 3.05) is 0 Å². The molecule has 0 fully saturated rings. The Morgan fingerprint density at radius 3 is 2.71 bits per heavy atom. The van der Waals surface area contributed by atoms with E-state index in [-0.39, 0.29) is 0 Å². The van der Waals surface area contributed by atoms with E-state index in [2.05, 4.69) is 4.99 Å². The van der Waals surface area contributed by atoms with E-state index in [1.165, 1.54) is 0 Å². The van der Waals surface area contributed by atoms with Crippen molar-refractivity contribution in [1.29, 1.82) is 0 Å². The van der Waals surface area contributed by atoms with Crippen LogP contribution in [-0.2, 0) is 0 Å². The average Bonchev–Trinajstić information content (AvgIpc) is 2.18. The molecule has 0 aliphatic heterocycles. The van der Waals surface area contributed by atoms with Gasteiger partial charge in [0, 0.05) is 12.0 Å². The highest BCUT2D eigenvalue weighted by Gasteiger charge is 2.00. The van der Waals surface area contributed by atoms with E-state index in [9.17, 15) is 4.79 Å². The van der Waals surface area contributed by atoms with Crippen LogP contribution >= 0.6 is 0 Å². The van der Waals surface area contributed by atoms with Crippen molar-refractivity contribution in [2.45, 2.75) is 13.3 Å². The highest BCUT2D eigenvalue weighted by molar-refractivity contribution is 5.94. The number of hydrogen-bond acceptors (Lipinski definition) is 2. The molecule has 0 spiro atoms. The van der Waals surface area contributed by atoms with Crippen LogP contribution in [0.3, 0.4) is 0 Å². The molecule has 4 heteroatoms. The maximum atomic E-state index is 10.9. The SMILES string of the molecule is CCC(N)=Nc1cccc(C(N)=O)c1. The second-order valence-corrected chi connectivity index (χ2v) is 2.87. The Bertz CT molecular complexity index is 371. The van der Waals surface area contributed by atoms with Crippen LogP contribution in [0, 0.1) is 0 Å². The Morgan fingerprint density at radius 1 is 1.43 bits per heavy atom. The first kappa shape index (κ1) is 10.2. The molecule has 0 aromatic heterocycles. The molecule has 0 unspecified atom stereocenters. The lowest BCUT2D eigenvalue weighted by Crippen LogP contribution is -2.11.